The predicted molar refractivity (Wildman–Crippen MR) is 118 cm³/mol. The molecule has 154 valence electrons. The van der Waals surface area contributed by atoms with E-state index in [9.17, 15) is 4.79 Å². The molecule has 0 aliphatic carbocycles. The fraction of sp³-hybridized carbons (Fsp3) is 0.208. The lowest BCUT2D eigenvalue weighted by Gasteiger charge is -2.36. The minimum absolute atomic E-state index is 0.0535. The fourth-order valence-corrected chi connectivity index (χ4v) is 4.20. The van der Waals surface area contributed by atoms with Gasteiger partial charge in [0, 0.05) is 31.1 Å². The maximum Gasteiger partial charge on any atom is 0.247 e. The fourth-order valence-electron chi connectivity index (χ4n) is 3.90. The van der Waals surface area contributed by atoms with Crippen LogP contribution >= 0.6 is 11.6 Å². The van der Waals surface area contributed by atoms with E-state index < -0.39 is 0 Å². The Balaban J connectivity index is 1.63. The summed E-state index contributed by atoms with van der Waals surface area (Å²) in [5.41, 5.74) is 2.97. The van der Waals surface area contributed by atoms with Crippen molar-refractivity contribution in [2.75, 3.05) is 20.8 Å². The number of hydrogen-bond acceptors (Lipinski definition) is 3. The van der Waals surface area contributed by atoms with E-state index in [0.717, 1.165) is 23.4 Å². The van der Waals surface area contributed by atoms with Crippen molar-refractivity contribution in [3.8, 4) is 11.5 Å². The molecule has 2 aromatic carbocycles. The SMILES string of the molecule is COc1cc(/C=C/C(=O)N2CCn3cccc3C2c2ccccc2)cc(Cl)c1OC. The zero-order valence-electron chi connectivity index (χ0n) is 16.9. The molecule has 5 nitrogen and oxygen atoms in total. The Labute approximate surface area is 181 Å². The number of benzene rings is 2. The van der Waals surface area contributed by atoms with Gasteiger partial charge in [-0.2, -0.15) is 0 Å². The highest BCUT2D eigenvalue weighted by atomic mass is 35.5. The summed E-state index contributed by atoms with van der Waals surface area (Å²) in [7, 11) is 3.10. The van der Waals surface area contributed by atoms with Crippen LogP contribution in [-0.4, -0.2) is 36.1 Å². The largest absolute Gasteiger partial charge is 0.493 e. The van der Waals surface area contributed by atoms with E-state index in [1.165, 1.54) is 0 Å². The number of methoxy groups -OCH3 is 2. The minimum Gasteiger partial charge on any atom is -0.493 e. The molecule has 0 spiro atoms. The molecule has 0 saturated heterocycles. The van der Waals surface area contributed by atoms with Gasteiger partial charge in [-0.1, -0.05) is 41.9 Å². The molecule has 1 aliphatic rings. The zero-order valence-corrected chi connectivity index (χ0v) is 17.7. The molecular formula is C24H23ClN2O3. The minimum atomic E-state index is -0.124. The second-order valence-corrected chi connectivity index (χ2v) is 7.45. The van der Waals surface area contributed by atoms with Crippen LogP contribution in [-0.2, 0) is 11.3 Å². The second kappa shape index (κ2) is 8.67. The zero-order chi connectivity index (χ0) is 21.1. The highest BCUT2D eigenvalue weighted by Crippen LogP contribution is 2.37. The first kappa shape index (κ1) is 20.1. The Morgan fingerprint density at radius 3 is 2.60 bits per heavy atom. The van der Waals surface area contributed by atoms with Gasteiger partial charge in [-0.15, -0.1) is 0 Å². The van der Waals surface area contributed by atoms with Crippen LogP contribution < -0.4 is 9.47 Å². The Bertz CT molecular complexity index is 1080. The molecule has 6 heteroatoms. The van der Waals surface area contributed by atoms with Gasteiger partial charge in [-0.05, 0) is 41.5 Å². The molecule has 3 aromatic rings. The molecule has 1 aliphatic heterocycles. The number of amides is 1. The van der Waals surface area contributed by atoms with Crippen molar-refractivity contribution in [3.05, 3.63) is 88.7 Å². The number of carbonyl (C=O) groups is 1. The standard InChI is InChI=1S/C24H23ClN2O3/c1-29-21-16-17(15-19(25)24(21)30-2)10-11-22(28)27-14-13-26-12-6-9-20(26)23(27)18-7-4-3-5-8-18/h3-12,15-16,23H,13-14H2,1-2H3/b11-10+. The van der Waals surface area contributed by atoms with Gasteiger partial charge >= 0.3 is 0 Å². The first-order valence-corrected chi connectivity index (χ1v) is 10.1. The van der Waals surface area contributed by atoms with Gasteiger partial charge in [-0.25, -0.2) is 0 Å². The summed E-state index contributed by atoms with van der Waals surface area (Å²) in [5.74, 6) is 0.945. The molecule has 0 N–H and O–H groups in total. The van der Waals surface area contributed by atoms with E-state index >= 15 is 0 Å². The molecule has 1 atom stereocenters. The summed E-state index contributed by atoms with van der Waals surface area (Å²) in [6.07, 6.45) is 5.41. The molecule has 1 aromatic heterocycles. The molecule has 1 unspecified atom stereocenters. The highest BCUT2D eigenvalue weighted by Gasteiger charge is 2.30. The van der Waals surface area contributed by atoms with Crippen LogP contribution in [0.4, 0.5) is 0 Å². The lowest BCUT2D eigenvalue weighted by Crippen LogP contribution is -2.41. The Morgan fingerprint density at radius 2 is 1.87 bits per heavy atom. The summed E-state index contributed by atoms with van der Waals surface area (Å²) in [6.45, 7) is 1.41. The molecule has 0 bridgehead atoms. The summed E-state index contributed by atoms with van der Waals surface area (Å²) in [6, 6.07) is 17.6. The maximum atomic E-state index is 13.2. The first-order valence-electron chi connectivity index (χ1n) is 9.72. The Hall–Kier alpha value is -3.18. The third kappa shape index (κ3) is 3.81. The first-order chi connectivity index (χ1) is 14.6. The van der Waals surface area contributed by atoms with Crippen molar-refractivity contribution in [2.24, 2.45) is 0 Å². The van der Waals surface area contributed by atoms with Gasteiger partial charge < -0.3 is 18.9 Å². The average molecular weight is 423 g/mol. The molecule has 0 fully saturated rings. The smallest absolute Gasteiger partial charge is 0.247 e. The predicted octanol–water partition coefficient (Wildman–Crippen LogP) is 4.80. The molecule has 0 saturated carbocycles. The molecule has 0 radical (unpaired) electrons. The van der Waals surface area contributed by atoms with Crippen molar-refractivity contribution < 1.29 is 14.3 Å². The number of carbonyl (C=O) groups excluding carboxylic acids is 1. The van der Waals surface area contributed by atoms with Crippen molar-refractivity contribution in [2.45, 2.75) is 12.6 Å². The van der Waals surface area contributed by atoms with E-state index in [2.05, 4.69) is 29.0 Å². The summed E-state index contributed by atoms with van der Waals surface area (Å²) in [4.78, 5) is 15.1. The Morgan fingerprint density at radius 1 is 1.07 bits per heavy atom. The summed E-state index contributed by atoms with van der Waals surface area (Å²) >= 11 is 6.29. The van der Waals surface area contributed by atoms with Crippen molar-refractivity contribution in [3.63, 3.8) is 0 Å². The van der Waals surface area contributed by atoms with E-state index in [1.807, 2.05) is 29.2 Å². The van der Waals surface area contributed by atoms with Crippen molar-refractivity contribution >= 4 is 23.6 Å². The number of ether oxygens (including phenoxy) is 2. The number of aromatic nitrogens is 1. The van der Waals surface area contributed by atoms with Gasteiger partial charge in [-0.3, -0.25) is 4.79 Å². The van der Waals surface area contributed by atoms with Gasteiger partial charge in [0.2, 0.25) is 5.91 Å². The van der Waals surface area contributed by atoms with Gasteiger partial charge in [0.1, 0.15) is 0 Å². The van der Waals surface area contributed by atoms with Crippen LogP contribution in [0.3, 0.4) is 0 Å². The van der Waals surface area contributed by atoms with Crippen molar-refractivity contribution in [1.29, 1.82) is 0 Å². The quantitative estimate of drug-likeness (QED) is 0.554. The third-order valence-corrected chi connectivity index (χ3v) is 5.59. The van der Waals surface area contributed by atoms with Crippen LogP contribution in [0.5, 0.6) is 11.5 Å². The van der Waals surface area contributed by atoms with Gasteiger partial charge in [0.15, 0.2) is 11.5 Å². The number of rotatable bonds is 5. The van der Waals surface area contributed by atoms with E-state index in [1.54, 1.807) is 38.5 Å². The normalized spacial score (nSPS) is 15.8. The molecule has 4 rings (SSSR count). The van der Waals surface area contributed by atoms with E-state index in [4.69, 9.17) is 21.1 Å². The van der Waals surface area contributed by atoms with Crippen LogP contribution in [0.25, 0.3) is 6.08 Å². The summed E-state index contributed by atoms with van der Waals surface area (Å²) < 4.78 is 12.8. The number of fused-ring (bicyclic) bond motifs is 1. The van der Waals surface area contributed by atoms with Crippen molar-refractivity contribution in [1.82, 2.24) is 9.47 Å². The molecule has 2 heterocycles. The van der Waals surface area contributed by atoms with Crippen LogP contribution in [0, 0.1) is 0 Å². The van der Waals surface area contributed by atoms with Gasteiger partial charge in [0.05, 0.1) is 25.3 Å². The van der Waals surface area contributed by atoms with Crippen LogP contribution in [0.1, 0.15) is 22.9 Å². The second-order valence-electron chi connectivity index (χ2n) is 7.04. The lowest BCUT2D eigenvalue weighted by molar-refractivity contribution is -0.128. The van der Waals surface area contributed by atoms with E-state index in [0.29, 0.717) is 23.1 Å². The van der Waals surface area contributed by atoms with Gasteiger partial charge in [0.25, 0.3) is 0 Å². The molecule has 1 amide bonds. The van der Waals surface area contributed by atoms with E-state index in [-0.39, 0.29) is 11.9 Å². The maximum absolute atomic E-state index is 13.2. The summed E-state index contributed by atoms with van der Waals surface area (Å²) in [5, 5.41) is 0.432. The topological polar surface area (TPSA) is 43.7 Å². The lowest BCUT2D eigenvalue weighted by atomic mass is 10.00. The average Bonchev–Trinajstić information content (AvgIpc) is 3.25. The third-order valence-electron chi connectivity index (χ3n) is 5.31. The highest BCUT2D eigenvalue weighted by molar-refractivity contribution is 6.32. The molecule has 30 heavy (non-hydrogen) atoms. The number of halogens is 1. The van der Waals surface area contributed by atoms with Crippen LogP contribution in [0.2, 0.25) is 5.02 Å². The monoisotopic (exact) mass is 422 g/mol. The number of hydrogen-bond donors (Lipinski definition) is 0. The van der Waals surface area contributed by atoms with Crippen LogP contribution in [0.15, 0.2) is 66.9 Å². The number of nitrogens with zero attached hydrogens (tertiary/aromatic N) is 2. The Kier molecular flexibility index (Phi) is 5.81. The molecular weight excluding hydrogens is 400 g/mol.